The SMILES string of the molecule is C=C/C=C(\C1=C(C)NC(C2=Nc3c(F)cc(-c4cncc(NC(=C)C(C)(C)C)c4)cc32)=NC1)c1ccc(C(=C)C)s1. The van der Waals surface area contributed by atoms with Gasteiger partial charge in [0.2, 0.25) is 0 Å². The lowest BCUT2D eigenvalue weighted by molar-refractivity contribution is 0.509. The molecule has 0 bridgehead atoms. The van der Waals surface area contributed by atoms with Crippen LogP contribution in [0.15, 0.2) is 102 Å². The van der Waals surface area contributed by atoms with Crippen LogP contribution in [0.5, 0.6) is 0 Å². The number of anilines is 1. The monoisotopic (exact) mass is 563 g/mol. The van der Waals surface area contributed by atoms with Crippen molar-refractivity contribution in [3.05, 3.63) is 113 Å². The summed E-state index contributed by atoms with van der Waals surface area (Å²) in [6, 6.07) is 9.61. The predicted molar refractivity (Wildman–Crippen MR) is 173 cm³/mol. The largest absolute Gasteiger partial charge is 0.358 e. The van der Waals surface area contributed by atoms with Crippen LogP contribution < -0.4 is 10.6 Å². The number of nitrogens with zero attached hydrogens (tertiary/aromatic N) is 3. The summed E-state index contributed by atoms with van der Waals surface area (Å²) in [6.45, 7) is 22.9. The van der Waals surface area contributed by atoms with Crippen molar-refractivity contribution < 1.29 is 4.39 Å². The van der Waals surface area contributed by atoms with Crippen LogP contribution in [-0.4, -0.2) is 23.1 Å². The number of amidine groups is 1. The molecule has 7 heteroatoms. The van der Waals surface area contributed by atoms with Gasteiger partial charge in [0.15, 0.2) is 5.84 Å². The number of hydrogen-bond acceptors (Lipinski definition) is 6. The molecule has 4 heterocycles. The van der Waals surface area contributed by atoms with Gasteiger partial charge in [-0.1, -0.05) is 52.7 Å². The normalized spacial score (nSPS) is 14.8. The molecular formula is C34H34FN5S. The Morgan fingerprint density at radius 3 is 2.51 bits per heavy atom. The van der Waals surface area contributed by atoms with Crippen LogP contribution in [0, 0.1) is 11.2 Å². The highest BCUT2D eigenvalue weighted by Crippen LogP contribution is 2.39. The Bertz CT molecular complexity index is 1730. The molecule has 2 aliphatic heterocycles. The first-order chi connectivity index (χ1) is 19.5. The van der Waals surface area contributed by atoms with Crippen molar-refractivity contribution in [3.8, 4) is 11.1 Å². The molecule has 1 aromatic carbocycles. The van der Waals surface area contributed by atoms with E-state index >= 15 is 4.39 Å². The third-order valence-electron chi connectivity index (χ3n) is 7.09. The Kier molecular flexibility index (Phi) is 7.49. The molecule has 3 aromatic rings. The molecule has 41 heavy (non-hydrogen) atoms. The number of fused-ring (bicyclic) bond motifs is 1. The quantitative estimate of drug-likeness (QED) is 0.269. The fourth-order valence-corrected chi connectivity index (χ4v) is 5.52. The van der Waals surface area contributed by atoms with Crippen molar-refractivity contribution in [2.24, 2.45) is 15.4 Å². The zero-order valence-corrected chi connectivity index (χ0v) is 25.0. The molecule has 0 saturated carbocycles. The van der Waals surface area contributed by atoms with Crippen LogP contribution in [0.25, 0.3) is 22.3 Å². The summed E-state index contributed by atoms with van der Waals surface area (Å²) in [5, 5.41) is 6.76. The summed E-state index contributed by atoms with van der Waals surface area (Å²) >= 11 is 1.70. The molecule has 0 amide bonds. The predicted octanol–water partition coefficient (Wildman–Crippen LogP) is 8.93. The topological polar surface area (TPSA) is 61.7 Å². The zero-order valence-electron chi connectivity index (χ0n) is 24.2. The van der Waals surface area contributed by atoms with Gasteiger partial charge in [-0.05, 0) is 60.9 Å². The van der Waals surface area contributed by atoms with E-state index in [2.05, 4.69) is 73.3 Å². The highest BCUT2D eigenvalue weighted by molar-refractivity contribution is 7.14. The van der Waals surface area contributed by atoms with Gasteiger partial charge in [-0.3, -0.25) is 9.98 Å². The standard InChI is InChI=1S/C34H34FN5S/c1-9-10-25(30-12-11-29(41-30)19(2)3)27-18-37-33(38-20(27)4)32-26-14-22(15-28(35)31(26)40-32)23-13-24(17-36-16-23)39-21(5)34(6,7)8/h9-17,39H,1-2,5,18H2,3-4,6-8H3,(H,37,38)/b25-10+. The Hall–Kier alpha value is -4.36. The molecule has 5 nitrogen and oxygen atoms in total. The van der Waals surface area contributed by atoms with E-state index in [1.807, 2.05) is 32.1 Å². The second-order valence-electron chi connectivity index (χ2n) is 11.3. The molecule has 2 aliphatic rings. The van der Waals surface area contributed by atoms with E-state index in [1.54, 1.807) is 29.8 Å². The lowest BCUT2D eigenvalue weighted by Crippen LogP contribution is -2.37. The van der Waals surface area contributed by atoms with Crippen molar-refractivity contribution in [1.82, 2.24) is 10.3 Å². The van der Waals surface area contributed by atoms with Crippen LogP contribution in [-0.2, 0) is 0 Å². The fraction of sp³-hybridized carbons (Fsp3) is 0.206. The molecule has 0 radical (unpaired) electrons. The minimum atomic E-state index is -0.370. The summed E-state index contributed by atoms with van der Waals surface area (Å²) in [6.07, 6.45) is 7.28. The molecule has 0 saturated heterocycles. The molecule has 0 spiro atoms. The molecule has 2 N–H and O–H groups in total. The maximum Gasteiger partial charge on any atom is 0.152 e. The fourth-order valence-electron chi connectivity index (χ4n) is 4.54. The first-order valence-corrected chi connectivity index (χ1v) is 14.2. The van der Waals surface area contributed by atoms with Crippen molar-refractivity contribution in [2.45, 2.75) is 34.6 Å². The number of aromatic nitrogens is 1. The van der Waals surface area contributed by atoms with Gasteiger partial charge in [0.1, 0.15) is 17.2 Å². The number of hydrogen-bond donors (Lipinski definition) is 2. The maximum atomic E-state index is 15.1. The van der Waals surface area contributed by atoms with E-state index in [0.717, 1.165) is 60.2 Å². The minimum Gasteiger partial charge on any atom is -0.358 e. The Morgan fingerprint density at radius 1 is 1.10 bits per heavy atom. The van der Waals surface area contributed by atoms with Crippen LogP contribution in [0.4, 0.5) is 15.8 Å². The average molecular weight is 564 g/mol. The lowest BCUT2D eigenvalue weighted by Gasteiger charge is -2.26. The summed E-state index contributed by atoms with van der Waals surface area (Å²) < 4.78 is 15.1. The third kappa shape index (κ3) is 5.63. The van der Waals surface area contributed by atoms with Crippen LogP contribution in [0.2, 0.25) is 0 Å². The number of pyridine rings is 1. The Labute approximate surface area is 245 Å². The molecule has 0 fully saturated rings. The van der Waals surface area contributed by atoms with Crippen molar-refractivity contribution in [3.63, 3.8) is 0 Å². The number of nitrogens with one attached hydrogen (secondary N) is 2. The van der Waals surface area contributed by atoms with Gasteiger partial charge in [0.05, 0.1) is 18.4 Å². The third-order valence-corrected chi connectivity index (χ3v) is 8.37. The zero-order chi connectivity index (χ0) is 29.5. The molecule has 0 aliphatic carbocycles. The van der Waals surface area contributed by atoms with Crippen LogP contribution in [0.3, 0.4) is 0 Å². The summed E-state index contributed by atoms with van der Waals surface area (Å²) in [5.41, 5.74) is 8.98. The molecule has 5 rings (SSSR count). The van der Waals surface area contributed by atoms with E-state index < -0.39 is 0 Å². The number of halogens is 1. The lowest BCUT2D eigenvalue weighted by atomic mass is 9.92. The van der Waals surface area contributed by atoms with E-state index in [1.165, 1.54) is 6.07 Å². The Morgan fingerprint density at radius 2 is 1.85 bits per heavy atom. The second-order valence-corrected chi connectivity index (χ2v) is 12.4. The van der Waals surface area contributed by atoms with Gasteiger partial charge in [-0.2, -0.15) is 0 Å². The van der Waals surface area contributed by atoms with Crippen molar-refractivity contribution in [2.75, 3.05) is 11.9 Å². The molecule has 0 atom stereocenters. The van der Waals surface area contributed by atoms with Gasteiger partial charge in [0.25, 0.3) is 0 Å². The highest BCUT2D eigenvalue weighted by atomic mass is 32.1. The Balaban J connectivity index is 1.39. The number of thiophene rings is 1. The van der Waals surface area contributed by atoms with Crippen LogP contribution >= 0.6 is 11.3 Å². The highest BCUT2D eigenvalue weighted by Gasteiger charge is 2.30. The number of allylic oxidation sites excluding steroid dienone is 5. The molecule has 2 aromatic heterocycles. The molecule has 0 unspecified atom stereocenters. The first kappa shape index (κ1) is 28.2. The second kappa shape index (κ2) is 10.9. The van der Waals surface area contributed by atoms with Gasteiger partial charge in [-0.15, -0.1) is 11.3 Å². The number of rotatable bonds is 8. The smallest absolute Gasteiger partial charge is 0.152 e. The number of benzene rings is 1. The van der Waals surface area contributed by atoms with E-state index in [4.69, 9.17) is 4.99 Å². The van der Waals surface area contributed by atoms with Crippen molar-refractivity contribution >= 4 is 45.4 Å². The average Bonchev–Trinajstić information content (AvgIpc) is 3.39. The van der Waals surface area contributed by atoms with E-state index in [0.29, 0.717) is 23.8 Å². The van der Waals surface area contributed by atoms with Crippen LogP contribution in [0.1, 0.15) is 49.9 Å². The van der Waals surface area contributed by atoms with E-state index in [-0.39, 0.29) is 11.2 Å². The van der Waals surface area contributed by atoms with Gasteiger partial charge in [-0.25, -0.2) is 9.38 Å². The van der Waals surface area contributed by atoms with Crippen molar-refractivity contribution in [1.29, 1.82) is 0 Å². The minimum absolute atomic E-state index is 0.108. The maximum absolute atomic E-state index is 15.1. The van der Waals surface area contributed by atoms with Gasteiger partial charge >= 0.3 is 0 Å². The van der Waals surface area contributed by atoms with Gasteiger partial charge < -0.3 is 10.6 Å². The van der Waals surface area contributed by atoms with Gasteiger partial charge in [0, 0.05) is 49.5 Å². The molecular weight excluding hydrogens is 529 g/mol. The number of aliphatic imine (C=N–C) groups is 2. The molecule has 208 valence electrons. The van der Waals surface area contributed by atoms with E-state index in [9.17, 15) is 0 Å². The summed E-state index contributed by atoms with van der Waals surface area (Å²) in [4.78, 5) is 16.0. The summed E-state index contributed by atoms with van der Waals surface area (Å²) in [5.74, 6) is 0.266. The first-order valence-electron chi connectivity index (χ1n) is 13.4. The summed E-state index contributed by atoms with van der Waals surface area (Å²) in [7, 11) is 0.